The molecule has 0 saturated carbocycles. The third-order valence-electron chi connectivity index (χ3n) is 4.42. The molecule has 144 valence electrons. The largest absolute Gasteiger partial charge is 0.454 e. The third kappa shape index (κ3) is 3.96. The zero-order valence-electron chi connectivity index (χ0n) is 15.6. The minimum absolute atomic E-state index is 0.114. The molecule has 1 amide bonds. The Bertz CT molecular complexity index is 990. The Hall–Kier alpha value is -3.00. The first-order valence-corrected chi connectivity index (χ1v) is 9.77. The van der Waals surface area contributed by atoms with E-state index in [1.165, 1.54) is 17.3 Å². The summed E-state index contributed by atoms with van der Waals surface area (Å²) in [5.41, 5.74) is 1.84. The van der Waals surface area contributed by atoms with Gasteiger partial charge in [-0.2, -0.15) is 0 Å². The molecule has 1 atom stereocenters. The molecule has 1 aromatic heterocycles. The van der Waals surface area contributed by atoms with Gasteiger partial charge in [-0.1, -0.05) is 42.1 Å². The SMILES string of the molecule is C[C@H](Sc1nnc(Cc2ccccc2)n1C)C(=O)Nc1ccc2c(c1)OCO2. The Balaban J connectivity index is 1.39. The summed E-state index contributed by atoms with van der Waals surface area (Å²) >= 11 is 1.38. The van der Waals surface area contributed by atoms with E-state index in [4.69, 9.17) is 9.47 Å². The van der Waals surface area contributed by atoms with E-state index in [9.17, 15) is 4.79 Å². The number of rotatable bonds is 6. The molecule has 0 radical (unpaired) electrons. The number of benzene rings is 2. The van der Waals surface area contributed by atoms with Gasteiger partial charge in [-0.05, 0) is 24.6 Å². The van der Waals surface area contributed by atoms with E-state index in [-0.39, 0.29) is 18.0 Å². The molecule has 0 fully saturated rings. The normalized spacial score (nSPS) is 13.4. The van der Waals surface area contributed by atoms with Crippen LogP contribution in [0.1, 0.15) is 18.3 Å². The molecular formula is C20H20N4O3S. The maximum absolute atomic E-state index is 12.6. The Kier molecular flexibility index (Phi) is 5.21. The summed E-state index contributed by atoms with van der Waals surface area (Å²) in [5, 5.41) is 11.8. The van der Waals surface area contributed by atoms with Crippen LogP contribution in [0.4, 0.5) is 5.69 Å². The number of carbonyl (C=O) groups excluding carboxylic acids is 1. The van der Waals surface area contributed by atoms with Gasteiger partial charge in [0, 0.05) is 25.2 Å². The van der Waals surface area contributed by atoms with Crippen LogP contribution in [0.5, 0.6) is 11.5 Å². The third-order valence-corrected chi connectivity index (χ3v) is 5.56. The lowest BCUT2D eigenvalue weighted by molar-refractivity contribution is -0.115. The second-order valence-corrected chi connectivity index (χ2v) is 7.75. The lowest BCUT2D eigenvalue weighted by Crippen LogP contribution is -2.22. The van der Waals surface area contributed by atoms with Crippen molar-refractivity contribution in [3.8, 4) is 11.5 Å². The highest BCUT2D eigenvalue weighted by Crippen LogP contribution is 2.34. The number of fused-ring (bicyclic) bond motifs is 1. The van der Waals surface area contributed by atoms with Crippen molar-refractivity contribution in [2.24, 2.45) is 7.05 Å². The molecule has 0 aliphatic carbocycles. The summed E-state index contributed by atoms with van der Waals surface area (Å²) in [4.78, 5) is 12.6. The van der Waals surface area contributed by atoms with Gasteiger partial charge in [0.15, 0.2) is 16.7 Å². The van der Waals surface area contributed by atoms with Gasteiger partial charge in [0.25, 0.3) is 0 Å². The first-order chi connectivity index (χ1) is 13.6. The van der Waals surface area contributed by atoms with Gasteiger partial charge in [0.1, 0.15) is 5.82 Å². The molecule has 4 rings (SSSR count). The molecule has 1 N–H and O–H groups in total. The summed E-state index contributed by atoms with van der Waals surface area (Å²) in [6, 6.07) is 15.5. The smallest absolute Gasteiger partial charge is 0.237 e. The average molecular weight is 396 g/mol. The van der Waals surface area contributed by atoms with Crippen molar-refractivity contribution in [1.29, 1.82) is 0 Å². The summed E-state index contributed by atoms with van der Waals surface area (Å²) in [6.07, 6.45) is 0.697. The summed E-state index contributed by atoms with van der Waals surface area (Å²) in [7, 11) is 1.92. The van der Waals surface area contributed by atoms with E-state index in [1.807, 2.05) is 36.7 Å². The van der Waals surface area contributed by atoms with E-state index < -0.39 is 0 Å². The monoisotopic (exact) mass is 396 g/mol. The fourth-order valence-electron chi connectivity index (χ4n) is 2.81. The first kappa shape index (κ1) is 18.4. The summed E-state index contributed by atoms with van der Waals surface area (Å²) < 4.78 is 12.6. The zero-order valence-corrected chi connectivity index (χ0v) is 16.4. The standard InChI is InChI=1S/C20H20N4O3S/c1-13(19(25)21-15-8-9-16-17(11-15)27-12-26-16)28-20-23-22-18(24(20)2)10-14-6-4-3-5-7-14/h3-9,11,13H,10,12H2,1-2H3,(H,21,25)/t13-/m0/s1. The predicted molar refractivity (Wildman–Crippen MR) is 107 cm³/mol. The molecule has 1 aliphatic heterocycles. The van der Waals surface area contributed by atoms with Crippen LogP contribution in [0.15, 0.2) is 53.7 Å². The number of ether oxygens (including phenoxy) is 2. The number of nitrogens with zero attached hydrogens (tertiary/aromatic N) is 3. The maximum Gasteiger partial charge on any atom is 0.237 e. The van der Waals surface area contributed by atoms with Crippen LogP contribution in [0.2, 0.25) is 0 Å². The Morgan fingerprint density at radius 3 is 2.79 bits per heavy atom. The summed E-state index contributed by atoms with van der Waals surface area (Å²) in [5.74, 6) is 2.07. The lowest BCUT2D eigenvalue weighted by atomic mass is 10.1. The van der Waals surface area contributed by atoms with Crippen molar-refractivity contribution in [2.45, 2.75) is 23.8 Å². The molecule has 3 aromatic rings. The number of hydrogen-bond donors (Lipinski definition) is 1. The molecule has 8 heteroatoms. The van der Waals surface area contributed by atoms with Crippen LogP contribution < -0.4 is 14.8 Å². The zero-order chi connectivity index (χ0) is 19.5. The Morgan fingerprint density at radius 1 is 1.18 bits per heavy atom. The van der Waals surface area contributed by atoms with E-state index in [0.717, 1.165) is 5.82 Å². The van der Waals surface area contributed by atoms with Gasteiger partial charge in [-0.3, -0.25) is 4.79 Å². The molecule has 2 heterocycles. The van der Waals surface area contributed by atoms with E-state index in [2.05, 4.69) is 27.6 Å². The Labute approximate surface area is 167 Å². The number of nitrogens with one attached hydrogen (secondary N) is 1. The van der Waals surface area contributed by atoms with Crippen LogP contribution in [0.25, 0.3) is 0 Å². The van der Waals surface area contributed by atoms with Crippen LogP contribution in [0, 0.1) is 0 Å². The van der Waals surface area contributed by atoms with Gasteiger partial charge in [-0.25, -0.2) is 0 Å². The van der Waals surface area contributed by atoms with E-state index >= 15 is 0 Å². The number of amides is 1. The minimum atomic E-state index is -0.335. The van der Waals surface area contributed by atoms with Crippen molar-refractivity contribution in [3.05, 3.63) is 59.9 Å². The van der Waals surface area contributed by atoms with Crippen LogP contribution in [-0.4, -0.2) is 32.7 Å². The topological polar surface area (TPSA) is 78.3 Å². The quantitative estimate of drug-likeness (QED) is 0.645. The van der Waals surface area contributed by atoms with Crippen molar-refractivity contribution in [2.75, 3.05) is 12.1 Å². The molecule has 7 nitrogen and oxygen atoms in total. The second-order valence-electron chi connectivity index (χ2n) is 6.44. The first-order valence-electron chi connectivity index (χ1n) is 8.89. The molecule has 0 unspecified atom stereocenters. The molecule has 0 bridgehead atoms. The van der Waals surface area contributed by atoms with Crippen LogP contribution >= 0.6 is 11.8 Å². The summed E-state index contributed by atoms with van der Waals surface area (Å²) in [6.45, 7) is 2.05. The fraction of sp³-hybridized carbons (Fsp3) is 0.250. The van der Waals surface area contributed by atoms with Crippen LogP contribution in [-0.2, 0) is 18.3 Å². The number of carbonyl (C=O) groups is 1. The molecular weight excluding hydrogens is 376 g/mol. The van der Waals surface area contributed by atoms with Crippen molar-refractivity contribution >= 4 is 23.4 Å². The van der Waals surface area contributed by atoms with Crippen molar-refractivity contribution < 1.29 is 14.3 Å². The van der Waals surface area contributed by atoms with Crippen molar-refractivity contribution in [3.63, 3.8) is 0 Å². The molecule has 2 aromatic carbocycles. The van der Waals surface area contributed by atoms with Crippen LogP contribution in [0.3, 0.4) is 0 Å². The Morgan fingerprint density at radius 2 is 1.96 bits per heavy atom. The van der Waals surface area contributed by atoms with Gasteiger partial charge in [0.2, 0.25) is 12.7 Å². The highest BCUT2D eigenvalue weighted by atomic mass is 32.2. The van der Waals surface area contributed by atoms with Gasteiger partial charge < -0.3 is 19.4 Å². The average Bonchev–Trinajstić information content (AvgIpc) is 3.30. The minimum Gasteiger partial charge on any atom is -0.454 e. The van der Waals surface area contributed by atoms with E-state index in [1.54, 1.807) is 18.2 Å². The molecule has 0 spiro atoms. The lowest BCUT2D eigenvalue weighted by Gasteiger charge is -2.12. The second kappa shape index (κ2) is 7.93. The number of hydrogen-bond acceptors (Lipinski definition) is 6. The molecule has 1 aliphatic rings. The van der Waals surface area contributed by atoms with Gasteiger partial charge >= 0.3 is 0 Å². The molecule has 0 saturated heterocycles. The van der Waals surface area contributed by atoms with Gasteiger partial charge in [-0.15, -0.1) is 10.2 Å². The number of aromatic nitrogens is 3. The van der Waals surface area contributed by atoms with Crippen molar-refractivity contribution in [1.82, 2.24) is 14.8 Å². The van der Waals surface area contributed by atoms with Gasteiger partial charge in [0.05, 0.1) is 5.25 Å². The number of anilines is 1. The highest BCUT2D eigenvalue weighted by Gasteiger charge is 2.20. The van der Waals surface area contributed by atoms with E-state index in [0.29, 0.717) is 28.8 Å². The predicted octanol–water partition coefficient (Wildman–Crippen LogP) is 3.25. The highest BCUT2D eigenvalue weighted by molar-refractivity contribution is 8.00. The fourth-order valence-corrected chi connectivity index (χ4v) is 3.64. The molecule has 28 heavy (non-hydrogen) atoms. The number of thioether (sulfide) groups is 1. The maximum atomic E-state index is 12.6.